The fraction of sp³-hybridized carbons (Fsp3) is 0.588. The van der Waals surface area contributed by atoms with Crippen LogP contribution in [-0.4, -0.2) is 41.9 Å². The molecule has 0 aromatic carbocycles. The van der Waals surface area contributed by atoms with Gasteiger partial charge in [-0.05, 0) is 43.0 Å². The Morgan fingerprint density at radius 3 is 2.70 bits per heavy atom. The summed E-state index contributed by atoms with van der Waals surface area (Å²) in [4.78, 5) is 12.1. The molecule has 3 rings (SSSR count). The van der Waals surface area contributed by atoms with Crippen molar-refractivity contribution >= 4 is 27.3 Å². The molecule has 27 heavy (non-hydrogen) atoms. The van der Waals surface area contributed by atoms with Gasteiger partial charge in [-0.2, -0.15) is 0 Å². The van der Waals surface area contributed by atoms with Crippen LogP contribution >= 0.6 is 11.3 Å². The Morgan fingerprint density at radius 1 is 1.33 bits per heavy atom. The molecule has 0 unspecified atom stereocenters. The third-order valence-electron chi connectivity index (χ3n) is 4.57. The van der Waals surface area contributed by atoms with Crippen molar-refractivity contribution in [3.05, 3.63) is 29.4 Å². The van der Waals surface area contributed by atoms with Gasteiger partial charge in [0, 0.05) is 12.6 Å². The highest BCUT2D eigenvalue weighted by molar-refractivity contribution is 7.91. The highest BCUT2D eigenvalue weighted by Gasteiger charge is 2.28. The van der Waals surface area contributed by atoms with Crippen molar-refractivity contribution in [1.82, 2.24) is 25.0 Å². The molecule has 1 saturated carbocycles. The minimum atomic E-state index is -3.44. The maximum atomic E-state index is 12.3. The molecule has 2 aromatic heterocycles. The van der Waals surface area contributed by atoms with Gasteiger partial charge in [-0.15, -0.1) is 16.4 Å². The van der Waals surface area contributed by atoms with Crippen LogP contribution < -0.4 is 10.0 Å². The number of nitrogens with zero attached hydrogens (tertiary/aromatic N) is 3. The predicted octanol–water partition coefficient (Wildman–Crippen LogP) is 2.19. The van der Waals surface area contributed by atoms with E-state index in [1.54, 1.807) is 28.4 Å². The number of hydrogen-bond acceptors (Lipinski definition) is 6. The number of thiophene rings is 1. The van der Waals surface area contributed by atoms with E-state index < -0.39 is 10.0 Å². The Balaban J connectivity index is 1.53. The molecular weight excluding hydrogens is 386 g/mol. The minimum absolute atomic E-state index is 0.0781. The number of rotatable bonds is 7. The van der Waals surface area contributed by atoms with Crippen molar-refractivity contribution in [3.8, 4) is 0 Å². The van der Waals surface area contributed by atoms with E-state index in [9.17, 15) is 13.2 Å². The average molecular weight is 412 g/mol. The standard InChI is InChI=1S/C17H25N5O3S2/c1-12(2)10-18-17(23)15-11-22(21-19-15)14-7-5-13(6-8-14)20-27(24,25)16-4-3-9-26-16/h3-4,9,11-14,20H,5-8,10H2,1-2H3,(H,18,23). The van der Waals surface area contributed by atoms with Crippen molar-refractivity contribution in [2.45, 2.75) is 55.8 Å². The van der Waals surface area contributed by atoms with E-state index >= 15 is 0 Å². The highest BCUT2D eigenvalue weighted by Crippen LogP contribution is 2.29. The summed E-state index contributed by atoms with van der Waals surface area (Å²) in [6.07, 6.45) is 4.70. The minimum Gasteiger partial charge on any atom is -0.350 e. The van der Waals surface area contributed by atoms with Crippen LogP contribution in [0.25, 0.3) is 0 Å². The molecule has 1 aliphatic carbocycles. The topological polar surface area (TPSA) is 106 Å². The summed E-state index contributed by atoms with van der Waals surface area (Å²) in [6.45, 7) is 4.66. The van der Waals surface area contributed by atoms with E-state index in [4.69, 9.17) is 0 Å². The SMILES string of the molecule is CC(C)CNC(=O)c1cn(C2CCC(NS(=O)(=O)c3cccs3)CC2)nn1. The van der Waals surface area contributed by atoms with Crippen LogP contribution in [0.5, 0.6) is 0 Å². The van der Waals surface area contributed by atoms with Gasteiger partial charge in [0.15, 0.2) is 5.69 Å². The van der Waals surface area contributed by atoms with Crippen molar-refractivity contribution in [1.29, 1.82) is 0 Å². The van der Waals surface area contributed by atoms with Gasteiger partial charge in [0.2, 0.25) is 10.0 Å². The molecule has 2 heterocycles. The maximum absolute atomic E-state index is 12.3. The molecule has 2 aromatic rings. The predicted molar refractivity (Wildman–Crippen MR) is 103 cm³/mol. The van der Waals surface area contributed by atoms with Gasteiger partial charge in [-0.1, -0.05) is 25.1 Å². The van der Waals surface area contributed by atoms with Crippen molar-refractivity contribution < 1.29 is 13.2 Å². The van der Waals surface area contributed by atoms with Gasteiger partial charge >= 0.3 is 0 Å². The molecular formula is C17H25N5O3S2. The van der Waals surface area contributed by atoms with Gasteiger partial charge in [-0.25, -0.2) is 17.8 Å². The number of aromatic nitrogens is 3. The summed E-state index contributed by atoms with van der Waals surface area (Å²) >= 11 is 1.22. The van der Waals surface area contributed by atoms with Gasteiger partial charge in [0.25, 0.3) is 5.91 Å². The fourth-order valence-corrected chi connectivity index (χ4v) is 5.41. The summed E-state index contributed by atoms with van der Waals surface area (Å²) < 4.78 is 29.5. The summed E-state index contributed by atoms with van der Waals surface area (Å²) in [5.41, 5.74) is 0.316. The monoisotopic (exact) mass is 411 g/mol. The van der Waals surface area contributed by atoms with Crippen LogP contribution in [0.3, 0.4) is 0 Å². The van der Waals surface area contributed by atoms with Crippen molar-refractivity contribution in [2.24, 2.45) is 5.92 Å². The molecule has 0 spiro atoms. The fourth-order valence-electron chi connectivity index (χ4n) is 3.10. The number of carbonyl (C=O) groups excluding carboxylic acids is 1. The molecule has 0 radical (unpaired) electrons. The van der Waals surface area contributed by atoms with E-state index in [2.05, 4.69) is 20.4 Å². The lowest BCUT2D eigenvalue weighted by atomic mass is 9.92. The van der Waals surface area contributed by atoms with Crippen molar-refractivity contribution in [2.75, 3.05) is 6.54 Å². The molecule has 8 nitrogen and oxygen atoms in total. The van der Waals surface area contributed by atoms with Gasteiger partial charge < -0.3 is 5.32 Å². The molecule has 1 aliphatic rings. The molecule has 0 atom stereocenters. The van der Waals surface area contributed by atoms with Crippen LogP contribution in [0.2, 0.25) is 0 Å². The second-order valence-electron chi connectivity index (χ2n) is 7.25. The molecule has 1 amide bonds. The lowest BCUT2D eigenvalue weighted by Crippen LogP contribution is -2.37. The Kier molecular flexibility index (Phi) is 6.28. The number of carbonyl (C=O) groups is 1. The van der Waals surface area contributed by atoms with Crippen LogP contribution in [-0.2, 0) is 10.0 Å². The summed E-state index contributed by atoms with van der Waals surface area (Å²) in [5.74, 6) is 0.157. The lowest BCUT2D eigenvalue weighted by molar-refractivity contribution is 0.0944. The largest absolute Gasteiger partial charge is 0.350 e. The zero-order valence-electron chi connectivity index (χ0n) is 15.5. The average Bonchev–Trinajstić information content (AvgIpc) is 3.32. The maximum Gasteiger partial charge on any atom is 0.273 e. The second-order valence-corrected chi connectivity index (χ2v) is 10.1. The number of hydrogen-bond donors (Lipinski definition) is 2. The molecule has 10 heteroatoms. The van der Waals surface area contributed by atoms with Crippen LogP contribution in [0.4, 0.5) is 0 Å². The normalized spacial score (nSPS) is 20.7. The Hall–Kier alpha value is -1.78. The third-order valence-corrected chi connectivity index (χ3v) is 7.48. The zero-order valence-corrected chi connectivity index (χ0v) is 17.1. The Morgan fingerprint density at radius 2 is 2.07 bits per heavy atom. The molecule has 0 bridgehead atoms. The molecule has 0 aliphatic heterocycles. The van der Waals surface area contributed by atoms with E-state index in [1.165, 1.54) is 11.3 Å². The first-order valence-electron chi connectivity index (χ1n) is 9.11. The van der Waals surface area contributed by atoms with Gasteiger partial charge in [0.1, 0.15) is 4.21 Å². The number of nitrogens with one attached hydrogen (secondary N) is 2. The van der Waals surface area contributed by atoms with Gasteiger partial charge in [0.05, 0.1) is 12.2 Å². The quantitative estimate of drug-likeness (QED) is 0.726. The smallest absolute Gasteiger partial charge is 0.273 e. The first-order valence-corrected chi connectivity index (χ1v) is 11.5. The third kappa shape index (κ3) is 5.14. The molecule has 0 saturated heterocycles. The molecule has 148 valence electrons. The molecule has 2 N–H and O–H groups in total. The summed E-state index contributed by atoms with van der Waals surface area (Å²) in [5, 5.41) is 12.7. The summed E-state index contributed by atoms with van der Waals surface area (Å²) in [6, 6.07) is 3.40. The summed E-state index contributed by atoms with van der Waals surface area (Å²) in [7, 11) is -3.44. The first-order chi connectivity index (χ1) is 12.8. The Bertz CT molecular complexity index is 853. The number of amides is 1. The van der Waals surface area contributed by atoms with E-state index in [1.807, 2.05) is 13.8 Å². The number of sulfonamides is 1. The van der Waals surface area contributed by atoms with E-state index in [0.717, 1.165) is 25.7 Å². The van der Waals surface area contributed by atoms with Crippen LogP contribution in [0.15, 0.2) is 27.9 Å². The lowest BCUT2D eigenvalue weighted by Gasteiger charge is -2.28. The van der Waals surface area contributed by atoms with Gasteiger partial charge in [-0.3, -0.25) is 4.79 Å². The van der Waals surface area contributed by atoms with E-state index in [0.29, 0.717) is 22.4 Å². The van der Waals surface area contributed by atoms with Crippen LogP contribution in [0, 0.1) is 5.92 Å². The Labute approximate surface area is 163 Å². The molecule has 1 fully saturated rings. The van der Waals surface area contributed by atoms with E-state index in [-0.39, 0.29) is 18.0 Å². The zero-order chi connectivity index (χ0) is 19.4. The second kappa shape index (κ2) is 8.49. The first kappa shape index (κ1) is 20.0. The van der Waals surface area contributed by atoms with Crippen molar-refractivity contribution in [3.63, 3.8) is 0 Å². The van der Waals surface area contributed by atoms with Crippen LogP contribution in [0.1, 0.15) is 56.1 Å². The highest BCUT2D eigenvalue weighted by atomic mass is 32.2.